The van der Waals surface area contributed by atoms with Crippen LogP contribution in [-0.4, -0.2) is 44.9 Å². The predicted octanol–water partition coefficient (Wildman–Crippen LogP) is -2.02. The van der Waals surface area contributed by atoms with Gasteiger partial charge >= 0.3 is 58.4 Å². The minimum atomic E-state index is -4.95. The number of rotatable bonds is 3. The van der Waals surface area contributed by atoms with Crippen molar-refractivity contribution in [2.45, 2.75) is 6.54 Å². The zero-order valence-electron chi connectivity index (χ0n) is 11.2. The Morgan fingerprint density at radius 1 is 1.05 bits per heavy atom. The Morgan fingerprint density at radius 2 is 1.55 bits per heavy atom. The average Bonchev–Trinajstić information content (AvgIpc) is 2.31. The van der Waals surface area contributed by atoms with Gasteiger partial charge in [0.2, 0.25) is 0 Å². The van der Waals surface area contributed by atoms with E-state index in [0.717, 1.165) is 17.7 Å². The van der Waals surface area contributed by atoms with Crippen molar-refractivity contribution in [3.8, 4) is 0 Å². The second kappa shape index (κ2) is 7.26. The van der Waals surface area contributed by atoms with Crippen molar-refractivity contribution in [3.05, 3.63) is 29.8 Å². The largest absolute Gasteiger partial charge is 1.00 e. The Labute approximate surface area is 159 Å². The first kappa shape index (κ1) is 18.7. The average molecular weight is 331 g/mol. The molecule has 1 aliphatic heterocycles. The van der Waals surface area contributed by atoms with E-state index in [4.69, 9.17) is 0 Å². The molecule has 0 unspecified atom stereocenters. The molecule has 1 aliphatic rings. The molecule has 0 amide bonds. The van der Waals surface area contributed by atoms with E-state index in [1.807, 2.05) is 4.90 Å². The molecule has 0 spiro atoms. The number of hydrogen-bond acceptors (Lipinski definition) is 3. The maximum absolute atomic E-state index is 12.4. The summed E-state index contributed by atoms with van der Waals surface area (Å²) in [6, 6.07) is 5.06. The quantitative estimate of drug-likeness (QED) is 0.600. The second-order valence-corrected chi connectivity index (χ2v) is 7.05. The van der Waals surface area contributed by atoms with Crippen LogP contribution >= 0.6 is 0 Å². The van der Waals surface area contributed by atoms with Gasteiger partial charge in [-0.3, -0.25) is 4.90 Å². The molecule has 9 heteroatoms. The van der Waals surface area contributed by atoms with Crippen LogP contribution < -0.4 is 56.8 Å². The van der Waals surface area contributed by atoms with Gasteiger partial charge in [0.05, 0.1) is 11.5 Å². The predicted molar refractivity (Wildman–Crippen MR) is 69.1 cm³/mol. The summed E-state index contributed by atoms with van der Waals surface area (Å²) in [6.07, 6.45) is 0. The Kier molecular flexibility index (Phi) is 6.77. The van der Waals surface area contributed by atoms with Crippen molar-refractivity contribution >= 4 is 22.3 Å². The molecule has 3 nitrogen and oxygen atoms in total. The summed E-state index contributed by atoms with van der Waals surface area (Å²) >= 11 is 0. The van der Waals surface area contributed by atoms with Crippen molar-refractivity contribution in [2.75, 3.05) is 24.6 Å². The smallest absolute Gasteiger partial charge is 0.445 e. The number of nitrogens with zero attached hydrogens (tertiary/aromatic N) is 1. The van der Waals surface area contributed by atoms with E-state index < -0.39 is 22.3 Å². The Hall–Kier alpha value is 0.621. The molecule has 1 fully saturated rings. The molecule has 2 rings (SSSR count). The first-order valence-corrected chi connectivity index (χ1v) is 7.80. The number of halogens is 3. The van der Waals surface area contributed by atoms with Gasteiger partial charge in [-0.15, -0.1) is 5.46 Å². The fourth-order valence-electron chi connectivity index (χ4n) is 2.01. The van der Waals surface area contributed by atoms with E-state index in [0.29, 0.717) is 19.6 Å². The molecule has 0 aromatic heterocycles. The van der Waals surface area contributed by atoms with Gasteiger partial charge in [0.15, 0.2) is 9.84 Å². The van der Waals surface area contributed by atoms with Crippen molar-refractivity contribution in [2.24, 2.45) is 0 Å². The Bertz CT molecular complexity index is 534. The van der Waals surface area contributed by atoms with E-state index in [1.54, 1.807) is 0 Å². The summed E-state index contributed by atoms with van der Waals surface area (Å²) < 4.78 is 59.9. The summed E-state index contributed by atoms with van der Waals surface area (Å²) in [6.45, 7) is -3.59. The monoisotopic (exact) mass is 331 g/mol. The molecule has 0 saturated carbocycles. The minimum Gasteiger partial charge on any atom is -0.445 e. The fourth-order valence-corrected chi connectivity index (χ4v) is 3.28. The van der Waals surface area contributed by atoms with Crippen LogP contribution in [0, 0.1) is 0 Å². The van der Waals surface area contributed by atoms with Gasteiger partial charge in [-0.1, -0.05) is 24.3 Å². The summed E-state index contributed by atoms with van der Waals surface area (Å²) in [7, 11) is -2.92. The van der Waals surface area contributed by atoms with Gasteiger partial charge in [0, 0.05) is 19.6 Å². The standard InChI is InChI=1S/C11H14BF3NO2S.K/c13-12(14,15)11-3-1-10(2-4-11)9-16-5-7-19(17,18)8-6-16;/h1-4H,5-9H2;/q-1;+1. The third-order valence-corrected chi connectivity index (χ3v) is 4.81. The fraction of sp³-hybridized carbons (Fsp3) is 0.455. The molecule has 1 saturated heterocycles. The number of hydrogen-bond donors (Lipinski definition) is 0. The summed E-state index contributed by atoms with van der Waals surface area (Å²) in [5, 5.41) is 0. The Balaban J connectivity index is 0.00000200. The van der Waals surface area contributed by atoms with Crippen molar-refractivity contribution in [3.63, 3.8) is 0 Å². The molecule has 20 heavy (non-hydrogen) atoms. The summed E-state index contributed by atoms with van der Waals surface area (Å²) in [4.78, 5) is 1.94. The summed E-state index contributed by atoms with van der Waals surface area (Å²) in [5.41, 5.74) is 0.160. The normalized spacial score (nSPS) is 19.4. The molecular formula is C11H14BF3KNO2S. The molecule has 0 radical (unpaired) electrons. The van der Waals surface area contributed by atoms with Crippen LogP contribution in [0.15, 0.2) is 24.3 Å². The van der Waals surface area contributed by atoms with E-state index >= 15 is 0 Å². The summed E-state index contributed by atoms with van der Waals surface area (Å²) in [5.74, 6) is 0.244. The molecule has 1 heterocycles. The van der Waals surface area contributed by atoms with E-state index in [9.17, 15) is 21.4 Å². The first-order chi connectivity index (χ1) is 8.76. The molecule has 0 bridgehead atoms. The molecule has 0 aliphatic carbocycles. The van der Waals surface area contributed by atoms with Gasteiger partial charge in [-0.2, -0.15) is 0 Å². The Morgan fingerprint density at radius 3 is 2.00 bits per heavy atom. The molecule has 1 aromatic carbocycles. The van der Waals surface area contributed by atoms with E-state index in [-0.39, 0.29) is 62.9 Å². The zero-order valence-corrected chi connectivity index (χ0v) is 15.2. The SMILES string of the molecule is O=S1(=O)CCN(Cc2ccc([B-](F)(F)F)cc2)CC1.[K+]. The maximum Gasteiger partial charge on any atom is 1.00 e. The van der Waals surface area contributed by atoms with Crippen molar-refractivity contribution in [1.29, 1.82) is 0 Å². The van der Waals surface area contributed by atoms with Crippen LogP contribution in [0.25, 0.3) is 0 Å². The molecular weight excluding hydrogens is 317 g/mol. The molecule has 1 aromatic rings. The molecule has 0 N–H and O–H groups in total. The van der Waals surface area contributed by atoms with Crippen LogP contribution in [0.3, 0.4) is 0 Å². The van der Waals surface area contributed by atoms with Gasteiger partial charge in [0.1, 0.15) is 0 Å². The number of sulfone groups is 1. The topological polar surface area (TPSA) is 37.4 Å². The van der Waals surface area contributed by atoms with Gasteiger partial charge < -0.3 is 12.9 Å². The van der Waals surface area contributed by atoms with Gasteiger partial charge in [-0.25, -0.2) is 8.42 Å². The van der Waals surface area contributed by atoms with Crippen molar-refractivity contribution in [1.82, 2.24) is 4.90 Å². The second-order valence-electron chi connectivity index (χ2n) is 4.74. The van der Waals surface area contributed by atoms with Crippen LogP contribution in [0.1, 0.15) is 5.56 Å². The van der Waals surface area contributed by atoms with Gasteiger partial charge in [0.25, 0.3) is 0 Å². The third kappa shape index (κ3) is 5.43. The number of benzene rings is 1. The van der Waals surface area contributed by atoms with E-state index in [2.05, 4.69) is 0 Å². The maximum atomic E-state index is 12.4. The van der Waals surface area contributed by atoms with Crippen LogP contribution in [0.4, 0.5) is 12.9 Å². The third-order valence-electron chi connectivity index (χ3n) is 3.20. The van der Waals surface area contributed by atoms with Crippen molar-refractivity contribution < 1.29 is 72.7 Å². The molecule has 0 atom stereocenters. The van der Waals surface area contributed by atoms with Crippen LogP contribution in [0.2, 0.25) is 0 Å². The van der Waals surface area contributed by atoms with Crippen LogP contribution in [-0.2, 0) is 16.4 Å². The van der Waals surface area contributed by atoms with E-state index in [1.165, 1.54) is 12.1 Å². The minimum absolute atomic E-state index is 0. The zero-order chi connectivity index (χ0) is 14.1. The first-order valence-electron chi connectivity index (χ1n) is 5.98. The molecule has 106 valence electrons. The van der Waals surface area contributed by atoms with Gasteiger partial charge in [-0.05, 0) is 5.56 Å². The van der Waals surface area contributed by atoms with Crippen LogP contribution in [0.5, 0.6) is 0 Å².